The Morgan fingerprint density at radius 3 is 2.12 bits per heavy atom. The Kier molecular flexibility index (Phi) is 3.01. The molecule has 5 heteroatoms. The average molecular weight is 254 g/mol. The molecular formula is C12H18N2O2S. The summed E-state index contributed by atoms with van der Waals surface area (Å²) < 4.78 is 27.1. The minimum absolute atomic E-state index is 0.0316. The topological polar surface area (TPSA) is 72.2 Å². The lowest BCUT2D eigenvalue weighted by molar-refractivity contribution is 0.578. The Labute approximate surface area is 102 Å². The van der Waals surface area contributed by atoms with E-state index in [0.29, 0.717) is 4.90 Å². The molecule has 2 atom stereocenters. The first-order valence-electron chi connectivity index (χ1n) is 5.67. The summed E-state index contributed by atoms with van der Waals surface area (Å²) in [5.74, 6) is 0. The molecule has 0 aromatic heterocycles. The molecule has 0 spiro atoms. The standard InChI is InChI=1S/C12H18N2O2S/c1-7-4-8(2)12(9(3)5-7)17(15,16)14-11-6-10(11)13/h4-5,10-11,14H,6,13H2,1-3H3. The van der Waals surface area contributed by atoms with Crippen molar-refractivity contribution in [3.8, 4) is 0 Å². The van der Waals surface area contributed by atoms with Gasteiger partial charge in [0.1, 0.15) is 0 Å². The minimum atomic E-state index is -3.44. The van der Waals surface area contributed by atoms with Gasteiger partial charge in [0, 0.05) is 12.1 Å². The summed E-state index contributed by atoms with van der Waals surface area (Å²) in [5.41, 5.74) is 8.26. The van der Waals surface area contributed by atoms with Crippen LogP contribution in [-0.2, 0) is 10.0 Å². The van der Waals surface area contributed by atoms with Crippen molar-refractivity contribution in [2.75, 3.05) is 0 Å². The summed E-state index contributed by atoms with van der Waals surface area (Å²) in [7, 11) is -3.44. The Morgan fingerprint density at radius 2 is 1.71 bits per heavy atom. The van der Waals surface area contributed by atoms with Crippen molar-refractivity contribution < 1.29 is 8.42 Å². The van der Waals surface area contributed by atoms with Gasteiger partial charge in [-0.05, 0) is 38.3 Å². The van der Waals surface area contributed by atoms with Gasteiger partial charge in [-0.1, -0.05) is 17.7 Å². The van der Waals surface area contributed by atoms with E-state index >= 15 is 0 Å². The highest BCUT2D eigenvalue weighted by Gasteiger charge is 2.37. The lowest BCUT2D eigenvalue weighted by Crippen LogP contribution is -2.30. The van der Waals surface area contributed by atoms with Crippen LogP contribution in [0, 0.1) is 20.8 Å². The van der Waals surface area contributed by atoms with Gasteiger partial charge in [-0.3, -0.25) is 0 Å². The van der Waals surface area contributed by atoms with Gasteiger partial charge in [-0.2, -0.15) is 0 Å². The molecule has 4 nitrogen and oxygen atoms in total. The number of aryl methyl sites for hydroxylation is 3. The Morgan fingerprint density at radius 1 is 1.24 bits per heavy atom. The zero-order valence-electron chi connectivity index (χ0n) is 10.3. The summed E-state index contributed by atoms with van der Waals surface area (Å²) in [6.45, 7) is 5.60. The second kappa shape index (κ2) is 4.08. The third-order valence-corrected chi connectivity index (χ3v) is 4.81. The molecule has 1 fully saturated rings. The number of rotatable bonds is 3. The summed E-state index contributed by atoms with van der Waals surface area (Å²) in [4.78, 5) is 0.391. The number of nitrogens with one attached hydrogen (secondary N) is 1. The molecule has 1 aromatic carbocycles. The molecule has 0 bridgehead atoms. The predicted molar refractivity (Wildman–Crippen MR) is 67.4 cm³/mol. The third kappa shape index (κ3) is 2.51. The van der Waals surface area contributed by atoms with Crippen molar-refractivity contribution >= 4 is 10.0 Å². The van der Waals surface area contributed by atoms with E-state index in [0.717, 1.165) is 23.1 Å². The highest BCUT2D eigenvalue weighted by atomic mass is 32.2. The summed E-state index contributed by atoms with van der Waals surface area (Å²) in [6, 6.07) is 3.64. The molecule has 17 heavy (non-hydrogen) atoms. The van der Waals surface area contributed by atoms with Crippen LogP contribution in [0.25, 0.3) is 0 Å². The molecule has 1 aliphatic rings. The normalized spacial score (nSPS) is 23.8. The molecular weight excluding hydrogens is 236 g/mol. The van der Waals surface area contributed by atoms with Crippen molar-refractivity contribution in [3.05, 3.63) is 28.8 Å². The van der Waals surface area contributed by atoms with Crippen LogP contribution in [-0.4, -0.2) is 20.5 Å². The SMILES string of the molecule is Cc1cc(C)c(S(=O)(=O)NC2CC2N)c(C)c1. The maximum Gasteiger partial charge on any atom is 0.241 e. The fourth-order valence-electron chi connectivity index (χ4n) is 2.20. The van der Waals surface area contributed by atoms with Crippen molar-refractivity contribution in [1.29, 1.82) is 0 Å². The highest BCUT2D eigenvalue weighted by molar-refractivity contribution is 7.89. The van der Waals surface area contributed by atoms with Crippen molar-refractivity contribution in [2.45, 2.75) is 44.2 Å². The molecule has 1 aromatic rings. The third-order valence-electron chi connectivity index (χ3n) is 3.02. The van der Waals surface area contributed by atoms with E-state index in [1.165, 1.54) is 0 Å². The molecule has 0 aliphatic heterocycles. The monoisotopic (exact) mass is 254 g/mol. The smallest absolute Gasteiger partial charge is 0.241 e. The minimum Gasteiger partial charge on any atom is -0.326 e. The molecule has 1 saturated carbocycles. The largest absolute Gasteiger partial charge is 0.326 e. The molecule has 2 rings (SSSR count). The van der Waals surface area contributed by atoms with E-state index in [1.807, 2.05) is 32.9 Å². The lowest BCUT2D eigenvalue weighted by atomic mass is 10.1. The van der Waals surface area contributed by atoms with Gasteiger partial charge in [0.25, 0.3) is 0 Å². The van der Waals surface area contributed by atoms with Crippen molar-refractivity contribution in [1.82, 2.24) is 4.72 Å². The number of hydrogen-bond donors (Lipinski definition) is 2. The van der Waals surface area contributed by atoms with E-state index in [-0.39, 0.29) is 12.1 Å². The van der Waals surface area contributed by atoms with E-state index < -0.39 is 10.0 Å². The molecule has 3 N–H and O–H groups in total. The first-order chi connectivity index (χ1) is 7.81. The first-order valence-corrected chi connectivity index (χ1v) is 7.15. The van der Waals surface area contributed by atoms with E-state index in [4.69, 9.17) is 5.73 Å². The van der Waals surface area contributed by atoms with Gasteiger partial charge in [-0.25, -0.2) is 13.1 Å². The Bertz CT molecular complexity index is 529. The quantitative estimate of drug-likeness (QED) is 0.845. The second-order valence-corrected chi connectivity index (χ2v) is 6.51. The summed E-state index contributed by atoms with van der Waals surface area (Å²) in [6.07, 6.45) is 0.725. The van der Waals surface area contributed by atoms with Crippen molar-refractivity contribution in [2.24, 2.45) is 5.73 Å². The fourth-order valence-corrected chi connectivity index (χ4v) is 3.95. The fraction of sp³-hybridized carbons (Fsp3) is 0.500. The van der Waals surface area contributed by atoms with E-state index in [2.05, 4.69) is 4.72 Å². The van der Waals surface area contributed by atoms with Crippen LogP contribution in [0.1, 0.15) is 23.1 Å². The second-order valence-electron chi connectivity index (χ2n) is 4.86. The molecule has 0 saturated heterocycles. The van der Waals surface area contributed by atoms with Crippen LogP contribution in [0.3, 0.4) is 0 Å². The van der Waals surface area contributed by atoms with Crippen LogP contribution >= 0.6 is 0 Å². The van der Waals surface area contributed by atoms with Gasteiger partial charge < -0.3 is 5.73 Å². The zero-order valence-corrected chi connectivity index (χ0v) is 11.1. The Balaban J connectivity index is 2.39. The maximum absolute atomic E-state index is 12.2. The van der Waals surface area contributed by atoms with E-state index in [9.17, 15) is 8.42 Å². The molecule has 94 valence electrons. The van der Waals surface area contributed by atoms with Gasteiger partial charge in [-0.15, -0.1) is 0 Å². The number of sulfonamides is 1. The number of nitrogens with two attached hydrogens (primary N) is 1. The first kappa shape index (κ1) is 12.5. The molecule has 2 unspecified atom stereocenters. The number of benzene rings is 1. The van der Waals surface area contributed by atoms with Crippen LogP contribution in [0.15, 0.2) is 17.0 Å². The molecule has 1 aliphatic carbocycles. The van der Waals surface area contributed by atoms with Crippen LogP contribution < -0.4 is 10.5 Å². The highest BCUT2D eigenvalue weighted by Crippen LogP contribution is 2.25. The van der Waals surface area contributed by atoms with Crippen molar-refractivity contribution in [3.63, 3.8) is 0 Å². The lowest BCUT2D eigenvalue weighted by Gasteiger charge is -2.12. The zero-order chi connectivity index (χ0) is 12.8. The Hall–Kier alpha value is -0.910. The van der Waals surface area contributed by atoms with Gasteiger partial charge in [0.15, 0.2) is 0 Å². The summed E-state index contributed by atoms with van der Waals surface area (Å²) >= 11 is 0. The molecule has 0 radical (unpaired) electrons. The van der Waals surface area contributed by atoms with Gasteiger partial charge >= 0.3 is 0 Å². The number of hydrogen-bond acceptors (Lipinski definition) is 3. The van der Waals surface area contributed by atoms with Gasteiger partial charge in [0.2, 0.25) is 10.0 Å². The molecule has 0 amide bonds. The van der Waals surface area contributed by atoms with E-state index in [1.54, 1.807) is 0 Å². The molecule has 0 heterocycles. The summed E-state index contributed by atoms with van der Waals surface area (Å²) in [5, 5.41) is 0. The van der Waals surface area contributed by atoms with Crippen LogP contribution in [0.2, 0.25) is 0 Å². The van der Waals surface area contributed by atoms with Crippen LogP contribution in [0.5, 0.6) is 0 Å². The van der Waals surface area contributed by atoms with Crippen LogP contribution in [0.4, 0.5) is 0 Å². The maximum atomic E-state index is 12.2. The predicted octanol–water partition coefficient (Wildman–Crippen LogP) is 0.990. The van der Waals surface area contributed by atoms with Gasteiger partial charge in [0.05, 0.1) is 4.90 Å². The average Bonchev–Trinajstić information content (AvgIpc) is 2.76.